The van der Waals surface area contributed by atoms with Gasteiger partial charge in [-0.15, -0.1) is 0 Å². The highest BCUT2D eigenvalue weighted by atomic mass is 16.5. The molecule has 2 heterocycles. The molecular formula is C17H26N2O2. The number of rotatable bonds is 4. The summed E-state index contributed by atoms with van der Waals surface area (Å²) in [7, 11) is 1.71. The zero-order chi connectivity index (χ0) is 14.5. The van der Waals surface area contributed by atoms with Crippen LogP contribution in [0.2, 0.25) is 0 Å². The van der Waals surface area contributed by atoms with E-state index in [9.17, 15) is 0 Å². The molecule has 1 aromatic carbocycles. The van der Waals surface area contributed by atoms with Crippen molar-refractivity contribution in [2.75, 3.05) is 46.5 Å². The van der Waals surface area contributed by atoms with Gasteiger partial charge in [0.25, 0.3) is 0 Å². The second-order valence-electron chi connectivity index (χ2n) is 6.00. The predicted octanol–water partition coefficient (Wildman–Crippen LogP) is 1.99. The molecule has 0 atom stereocenters. The Hall–Kier alpha value is -1.10. The summed E-state index contributed by atoms with van der Waals surface area (Å²) in [5, 5.41) is 0. The molecule has 0 aliphatic carbocycles. The van der Waals surface area contributed by atoms with E-state index in [4.69, 9.17) is 9.47 Å². The molecule has 2 aliphatic rings. The van der Waals surface area contributed by atoms with Crippen LogP contribution < -0.4 is 4.74 Å². The highest BCUT2D eigenvalue weighted by molar-refractivity contribution is 5.27. The van der Waals surface area contributed by atoms with E-state index in [0.29, 0.717) is 0 Å². The first-order valence-corrected chi connectivity index (χ1v) is 8.02. The standard InChI is InChI=1S/C17H26N2O2/c1-20-17-4-2-15(3-5-17)14-18-8-10-19(11-9-18)16-6-12-21-13-7-16/h2-5,16H,6-14H2,1H3. The lowest BCUT2D eigenvalue weighted by Gasteiger charge is -2.40. The summed E-state index contributed by atoms with van der Waals surface area (Å²) < 4.78 is 10.7. The minimum Gasteiger partial charge on any atom is -0.497 e. The van der Waals surface area contributed by atoms with Crippen molar-refractivity contribution >= 4 is 0 Å². The monoisotopic (exact) mass is 290 g/mol. The molecule has 0 saturated carbocycles. The minimum absolute atomic E-state index is 0.752. The second-order valence-corrected chi connectivity index (χ2v) is 6.00. The highest BCUT2D eigenvalue weighted by Gasteiger charge is 2.25. The van der Waals surface area contributed by atoms with E-state index in [0.717, 1.165) is 31.5 Å². The lowest BCUT2D eigenvalue weighted by atomic mass is 10.1. The molecule has 2 aliphatic heterocycles. The average molecular weight is 290 g/mol. The van der Waals surface area contributed by atoms with Gasteiger partial charge in [-0.05, 0) is 30.5 Å². The third kappa shape index (κ3) is 3.96. The van der Waals surface area contributed by atoms with Crippen LogP contribution in [0.25, 0.3) is 0 Å². The van der Waals surface area contributed by atoms with Crippen LogP contribution in [0.3, 0.4) is 0 Å². The van der Waals surface area contributed by atoms with Crippen molar-refractivity contribution in [3.8, 4) is 5.75 Å². The van der Waals surface area contributed by atoms with Crippen molar-refractivity contribution in [3.63, 3.8) is 0 Å². The summed E-state index contributed by atoms with van der Waals surface area (Å²) in [6.07, 6.45) is 2.41. The van der Waals surface area contributed by atoms with Crippen LogP contribution >= 0.6 is 0 Å². The maximum atomic E-state index is 5.46. The number of nitrogens with zero attached hydrogens (tertiary/aromatic N) is 2. The molecule has 2 fully saturated rings. The maximum absolute atomic E-state index is 5.46. The minimum atomic E-state index is 0.752. The Morgan fingerprint density at radius 2 is 1.71 bits per heavy atom. The fourth-order valence-corrected chi connectivity index (χ4v) is 3.33. The molecule has 21 heavy (non-hydrogen) atoms. The summed E-state index contributed by atoms with van der Waals surface area (Å²) in [5.74, 6) is 0.933. The Bertz CT molecular complexity index is 421. The number of hydrogen-bond acceptors (Lipinski definition) is 4. The smallest absolute Gasteiger partial charge is 0.118 e. The van der Waals surface area contributed by atoms with Crippen LogP contribution in [0.4, 0.5) is 0 Å². The Kier molecular flexibility index (Phi) is 5.12. The van der Waals surface area contributed by atoms with E-state index in [1.807, 2.05) is 12.1 Å². The Balaban J connectivity index is 1.46. The van der Waals surface area contributed by atoms with Crippen LogP contribution in [0.1, 0.15) is 18.4 Å². The fraction of sp³-hybridized carbons (Fsp3) is 0.647. The molecule has 0 N–H and O–H groups in total. The van der Waals surface area contributed by atoms with Gasteiger partial charge in [0.1, 0.15) is 5.75 Å². The van der Waals surface area contributed by atoms with Gasteiger partial charge < -0.3 is 9.47 Å². The van der Waals surface area contributed by atoms with Crippen molar-refractivity contribution < 1.29 is 9.47 Å². The van der Waals surface area contributed by atoms with E-state index in [1.165, 1.54) is 44.6 Å². The molecular weight excluding hydrogens is 264 g/mol. The first-order chi connectivity index (χ1) is 10.3. The van der Waals surface area contributed by atoms with E-state index in [2.05, 4.69) is 21.9 Å². The molecule has 4 heteroatoms. The zero-order valence-corrected chi connectivity index (χ0v) is 13.0. The van der Waals surface area contributed by atoms with Gasteiger partial charge in [0.05, 0.1) is 7.11 Å². The summed E-state index contributed by atoms with van der Waals surface area (Å²) >= 11 is 0. The van der Waals surface area contributed by atoms with Gasteiger partial charge in [-0.3, -0.25) is 9.80 Å². The van der Waals surface area contributed by atoms with E-state index < -0.39 is 0 Å². The Morgan fingerprint density at radius 1 is 1.05 bits per heavy atom. The molecule has 0 unspecified atom stereocenters. The van der Waals surface area contributed by atoms with Crippen LogP contribution in [0.15, 0.2) is 24.3 Å². The SMILES string of the molecule is COc1ccc(CN2CCN(C3CCOCC3)CC2)cc1. The Labute approximate surface area is 127 Å². The van der Waals surface area contributed by atoms with E-state index >= 15 is 0 Å². The van der Waals surface area contributed by atoms with E-state index in [-0.39, 0.29) is 0 Å². The van der Waals surface area contributed by atoms with Crippen LogP contribution in [-0.2, 0) is 11.3 Å². The van der Waals surface area contributed by atoms with Gasteiger partial charge in [0.15, 0.2) is 0 Å². The molecule has 3 rings (SSSR count). The maximum Gasteiger partial charge on any atom is 0.118 e. The molecule has 0 radical (unpaired) electrons. The molecule has 0 bridgehead atoms. The largest absolute Gasteiger partial charge is 0.497 e. The lowest BCUT2D eigenvalue weighted by molar-refractivity contribution is 0.0126. The zero-order valence-electron chi connectivity index (χ0n) is 13.0. The first kappa shape index (κ1) is 14.8. The van der Waals surface area contributed by atoms with Crippen molar-refractivity contribution in [1.82, 2.24) is 9.80 Å². The third-order valence-corrected chi connectivity index (χ3v) is 4.68. The van der Waals surface area contributed by atoms with Gasteiger partial charge in [-0.2, -0.15) is 0 Å². The quantitative estimate of drug-likeness (QED) is 0.847. The summed E-state index contributed by atoms with van der Waals surface area (Å²) in [6, 6.07) is 9.19. The number of hydrogen-bond donors (Lipinski definition) is 0. The molecule has 0 amide bonds. The molecule has 1 aromatic rings. The molecule has 2 saturated heterocycles. The first-order valence-electron chi connectivity index (χ1n) is 8.02. The average Bonchev–Trinajstić information content (AvgIpc) is 2.57. The summed E-state index contributed by atoms with van der Waals surface area (Å²) in [6.45, 7) is 7.66. The second kappa shape index (κ2) is 7.25. The predicted molar refractivity (Wildman–Crippen MR) is 83.7 cm³/mol. The molecule has 0 spiro atoms. The van der Waals surface area contributed by atoms with Crippen molar-refractivity contribution in [2.45, 2.75) is 25.4 Å². The van der Waals surface area contributed by atoms with Gasteiger partial charge in [-0.1, -0.05) is 12.1 Å². The number of piperazine rings is 1. The number of methoxy groups -OCH3 is 1. The fourth-order valence-electron chi connectivity index (χ4n) is 3.33. The van der Waals surface area contributed by atoms with Crippen LogP contribution in [-0.4, -0.2) is 62.3 Å². The molecule has 0 aromatic heterocycles. The van der Waals surface area contributed by atoms with Gasteiger partial charge in [0.2, 0.25) is 0 Å². The van der Waals surface area contributed by atoms with E-state index in [1.54, 1.807) is 7.11 Å². The van der Waals surface area contributed by atoms with Gasteiger partial charge >= 0.3 is 0 Å². The summed E-state index contributed by atoms with van der Waals surface area (Å²) in [5.41, 5.74) is 1.37. The van der Waals surface area contributed by atoms with Gasteiger partial charge in [0, 0.05) is 52.0 Å². The number of benzene rings is 1. The van der Waals surface area contributed by atoms with Crippen LogP contribution in [0, 0.1) is 0 Å². The molecule has 116 valence electrons. The van der Waals surface area contributed by atoms with Crippen molar-refractivity contribution in [2.24, 2.45) is 0 Å². The van der Waals surface area contributed by atoms with Crippen molar-refractivity contribution in [1.29, 1.82) is 0 Å². The molecule has 4 nitrogen and oxygen atoms in total. The van der Waals surface area contributed by atoms with Gasteiger partial charge in [-0.25, -0.2) is 0 Å². The van der Waals surface area contributed by atoms with Crippen LogP contribution in [0.5, 0.6) is 5.75 Å². The normalized spacial score (nSPS) is 22.3. The van der Waals surface area contributed by atoms with Crippen molar-refractivity contribution in [3.05, 3.63) is 29.8 Å². The number of ether oxygens (including phenoxy) is 2. The lowest BCUT2D eigenvalue weighted by Crippen LogP contribution is -2.51. The highest BCUT2D eigenvalue weighted by Crippen LogP contribution is 2.18. The summed E-state index contributed by atoms with van der Waals surface area (Å²) in [4.78, 5) is 5.21. The Morgan fingerprint density at radius 3 is 2.33 bits per heavy atom. The topological polar surface area (TPSA) is 24.9 Å². The third-order valence-electron chi connectivity index (χ3n) is 4.68.